The molecule has 0 spiro atoms. The Morgan fingerprint density at radius 3 is 3.00 bits per heavy atom. The molecule has 1 aliphatic rings. The second kappa shape index (κ2) is 6.40. The fourth-order valence-corrected chi connectivity index (χ4v) is 4.14. The van der Waals surface area contributed by atoms with Gasteiger partial charge >= 0.3 is 0 Å². The third kappa shape index (κ3) is 3.04. The van der Waals surface area contributed by atoms with Crippen LogP contribution in [0.4, 0.5) is 0 Å². The third-order valence-electron chi connectivity index (χ3n) is 4.14. The molecule has 3 aromatic rings. The van der Waals surface area contributed by atoms with Crippen LogP contribution in [0.15, 0.2) is 24.3 Å². The number of hydrogen-bond donors (Lipinski definition) is 2. The summed E-state index contributed by atoms with van der Waals surface area (Å²) in [5.74, 6) is 1.52. The molecule has 0 amide bonds. The Labute approximate surface area is 149 Å². The van der Waals surface area contributed by atoms with Gasteiger partial charge in [-0.1, -0.05) is 48.9 Å². The first-order valence-electron chi connectivity index (χ1n) is 8.09. The standard InChI is InChI=1S/C16H19ClN6S/c1-9(2)6-12-8-13(19-18-12)14-20-21-16-23(14)22-15(24-16)10-4-3-5-11(17)7-10/h3-5,7,9,12-13,18-19H,6,8H2,1-2H3. The van der Waals surface area contributed by atoms with E-state index in [0.29, 0.717) is 17.0 Å². The van der Waals surface area contributed by atoms with Gasteiger partial charge in [0, 0.05) is 16.6 Å². The minimum atomic E-state index is 0.123. The smallest absolute Gasteiger partial charge is 0.235 e. The van der Waals surface area contributed by atoms with Gasteiger partial charge in [0.1, 0.15) is 5.01 Å². The lowest BCUT2D eigenvalue weighted by Gasteiger charge is -2.11. The molecule has 126 valence electrons. The monoisotopic (exact) mass is 362 g/mol. The zero-order valence-electron chi connectivity index (χ0n) is 13.5. The molecule has 4 rings (SSSR count). The number of halogens is 1. The molecule has 0 radical (unpaired) electrons. The van der Waals surface area contributed by atoms with Crippen LogP contribution in [-0.4, -0.2) is 25.9 Å². The molecule has 1 aliphatic heterocycles. The number of benzene rings is 1. The van der Waals surface area contributed by atoms with Gasteiger partial charge in [-0.3, -0.25) is 5.43 Å². The van der Waals surface area contributed by atoms with E-state index in [-0.39, 0.29) is 6.04 Å². The van der Waals surface area contributed by atoms with Crippen LogP contribution in [0.2, 0.25) is 5.02 Å². The highest BCUT2D eigenvalue weighted by molar-refractivity contribution is 7.19. The SMILES string of the molecule is CC(C)CC1CC(c2nnc3sc(-c4cccc(Cl)c4)nn23)NN1. The molecule has 3 heterocycles. The number of fused-ring (bicyclic) bond motifs is 1. The van der Waals surface area contributed by atoms with Gasteiger partial charge in [-0.25, -0.2) is 5.43 Å². The summed E-state index contributed by atoms with van der Waals surface area (Å²) >= 11 is 7.61. The van der Waals surface area contributed by atoms with Crippen molar-refractivity contribution in [2.75, 3.05) is 0 Å². The number of hydrogen-bond acceptors (Lipinski definition) is 6. The maximum absolute atomic E-state index is 6.08. The molecular weight excluding hydrogens is 344 g/mol. The van der Waals surface area contributed by atoms with E-state index in [1.54, 1.807) is 0 Å². The van der Waals surface area contributed by atoms with E-state index in [0.717, 1.165) is 34.2 Å². The van der Waals surface area contributed by atoms with Crippen molar-refractivity contribution in [3.05, 3.63) is 35.1 Å². The average molecular weight is 363 g/mol. The van der Waals surface area contributed by atoms with Crippen molar-refractivity contribution in [1.82, 2.24) is 30.7 Å². The Kier molecular flexibility index (Phi) is 4.26. The maximum Gasteiger partial charge on any atom is 0.235 e. The fourth-order valence-electron chi connectivity index (χ4n) is 3.10. The number of aromatic nitrogens is 4. The van der Waals surface area contributed by atoms with Crippen LogP contribution < -0.4 is 10.9 Å². The van der Waals surface area contributed by atoms with Crippen LogP contribution in [0.3, 0.4) is 0 Å². The van der Waals surface area contributed by atoms with Gasteiger partial charge in [0.05, 0.1) is 6.04 Å². The van der Waals surface area contributed by atoms with E-state index in [1.165, 1.54) is 11.3 Å². The highest BCUT2D eigenvalue weighted by atomic mass is 35.5. The number of nitrogens with zero attached hydrogens (tertiary/aromatic N) is 4. The summed E-state index contributed by atoms with van der Waals surface area (Å²) in [4.78, 5) is 0.800. The Hall–Kier alpha value is -1.54. The van der Waals surface area contributed by atoms with Crippen molar-refractivity contribution in [1.29, 1.82) is 0 Å². The van der Waals surface area contributed by atoms with E-state index in [1.807, 2.05) is 28.8 Å². The van der Waals surface area contributed by atoms with E-state index in [9.17, 15) is 0 Å². The van der Waals surface area contributed by atoms with Crippen molar-refractivity contribution < 1.29 is 0 Å². The lowest BCUT2D eigenvalue weighted by atomic mass is 10.00. The number of hydrazine groups is 1. The van der Waals surface area contributed by atoms with Gasteiger partial charge in [0.2, 0.25) is 4.96 Å². The predicted octanol–water partition coefficient (Wildman–Crippen LogP) is 3.46. The minimum absolute atomic E-state index is 0.123. The van der Waals surface area contributed by atoms with Gasteiger partial charge in [0.25, 0.3) is 0 Å². The molecule has 2 N–H and O–H groups in total. The molecule has 2 aromatic heterocycles. The molecule has 1 fully saturated rings. The lowest BCUT2D eigenvalue weighted by molar-refractivity contribution is 0.446. The first kappa shape index (κ1) is 16.0. The van der Waals surface area contributed by atoms with Gasteiger partial charge in [-0.2, -0.15) is 9.61 Å². The number of nitrogens with one attached hydrogen (secondary N) is 2. The Morgan fingerprint density at radius 1 is 1.33 bits per heavy atom. The Bertz CT molecular complexity index is 857. The van der Waals surface area contributed by atoms with Crippen LogP contribution in [0, 0.1) is 5.92 Å². The second-order valence-corrected chi connectivity index (χ2v) is 7.97. The Balaban J connectivity index is 1.61. The van der Waals surface area contributed by atoms with Crippen LogP contribution in [0.5, 0.6) is 0 Å². The first-order valence-corrected chi connectivity index (χ1v) is 9.28. The molecule has 0 aliphatic carbocycles. The maximum atomic E-state index is 6.08. The van der Waals surface area contributed by atoms with Crippen molar-refractivity contribution in [2.45, 2.75) is 38.8 Å². The summed E-state index contributed by atoms with van der Waals surface area (Å²) in [6, 6.07) is 8.29. The molecular formula is C16H19ClN6S. The molecule has 2 unspecified atom stereocenters. The Morgan fingerprint density at radius 2 is 2.21 bits per heavy atom. The summed E-state index contributed by atoms with van der Waals surface area (Å²) < 4.78 is 1.85. The van der Waals surface area contributed by atoms with Gasteiger partial charge < -0.3 is 0 Å². The predicted molar refractivity (Wildman–Crippen MR) is 96.0 cm³/mol. The summed E-state index contributed by atoms with van der Waals surface area (Å²) in [5.41, 5.74) is 7.70. The topological polar surface area (TPSA) is 67.1 Å². The lowest BCUT2D eigenvalue weighted by Crippen LogP contribution is -2.32. The van der Waals surface area contributed by atoms with Crippen LogP contribution >= 0.6 is 22.9 Å². The fraction of sp³-hybridized carbons (Fsp3) is 0.438. The molecule has 1 saturated heterocycles. The molecule has 24 heavy (non-hydrogen) atoms. The normalized spacial score (nSPS) is 21.2. The van der Waals surface area contributed by atoms with Crippen LogP contribution in [-0.2, 0) is 0 Å². The van der Waals surface area contributed by atoms with E-state index in [4.69, 9.17) is 16.7 Å². The summed E-state index contributed by atoms with van der Waals surface area (Å²) in [6.07, 6.45) is 2.12. The summed E-state index contributed by atoms with van der Waals surface area (Å²) in [6.45, 7) is 4.48. The van der Waals surface area contributed by atoms with E-state index >= 15 is 0 Å². The van der Waals surface area contributed by atoms with Crippen molar-refractivity contribution in [3.63, 3.8) is 0 Å². The molecule has 0 saturated carbocycles. The van der Waals surface area contributed by atoms with Crippen molar-refractivity contribution in [3.8, 4) is 10.6 Å². The highest BCUT2D eigenvalue weighted by Gasteiger charge is 2.30. The molecule has 1 aromatic carbocycles. The zero-order valence-corrected chi connectivity index (χ0v) is 15.1. The summed E-state index contributed by atoms with van der Waals surface area (Å²) in [7, 11) is 0. The molecule has 0 bridgehead atoms. The van der Waals surface area contributed by atoms with Crippen LogP contribution in [0.1, 0.15) is 38.6 Å². The van der Waals surface area contributed by atoms with E-state index < -0.39 is 0 Å². The van der Waals surface area contributed by atoms with Crippen molar-refractivity contribution in [2.24, 2.45) is 5.92 Å². The van der Waals surface area contributed by atoms with E-state index in [2.05, 4.69) is 34.9 Å². The van der Waals surface area contributed by atoms with Crippen LogP contribution in [0.25, 0.3) is 15.5 Å². The minimum Gasteiger partial charge on any atom is -0.254 e. The molecule has 2 atom stereocenters. The van der Waals surface area contributed by atoms with Gasteiger partial charge in [-0.05, 0) is 30.9 Å². The van der Waals surface area contributed by atoms with Gasteiger partial charge in [0.15, 0.2) is 5.82 Å². The molecule has 6 nitrogen and oxygen atoms in total. The zero-order chi connectivity index (χ0) is 16.7. The first-order chi connectivity index (χ1) is 11.6. The van der Waals surface area contributed by atoms with Gasteiger partial charge in [-0.15, -0.1) is 10.2 Å². The number of rotatable bonds is 4. The second-order valence-electron chi connectivity index (χ2n) is 6.57. The highest BCUT2D eigenvalue weighted by Crippen LogP contribution is 2.30. The average Bonchev–Trinajstić information content (AvgIpc) is 3.21. The largest absolute Gasteiger partial charge is 0.254 e. The quantitative estimate of drug-likeness (QED) is 0.744. The summed E-state index contributed by atoms with van der Waals surface area (Å²) in [5, 5.41) is 14.9. The van der Waals surface area contributed by atoms with Crippen molar-refractivity contribution >= 4 is 27.9 Å². The third-order valence-corrected chi connectivity index (χ3v) is 5.32. The molecule has 8 heteroatoms.